The first kappa shape index (κ1) is 18.4. The zero-order valence-corrected chi connectivity index (χ0v) is 16.7. The Balaban J connectivity index is 1.47. The van der Waals surface area contributed by atoms with Crippen LogP contribution in [-0.4, -0.2) is 38.3 Å². The second-order valence-electron chi connectivity index (χ2n) is 8.24. The van der Waals surface area contributed by atoms with Gasteiger partial charge in [-0.05, 0) is 86.4 Å². The minimum Gasteiger partial charge on any atom is -0.497 e. The van der Waals surface area contributed by atoms with E-state index >= 15 is 0 Å². The Labute approximate surface area is 163 Å². The van der Waals surface area contributed by atoms with Gasteiger partial charge in [0.2, 0.25) is 0 Å². The molecule has 0 spiro atoms. The largest absolute Gasteiger partial charge is 0.497 e. The fourth-order valence-corrected chi connectivity index (χ4v) is 5.40. The molecule has 0 aliphatic carbocycles. The van der Waals surface area contributed by atoms with Crippen LogP contribution < -0.4 is 9.47 Å². The Morgan fingerprint density at radius 3 is 1.52 bits per heavy atom. The SMILES string of the molecule is COc1ccc(C[C@@H]2C[C@H](Cc3ccc(OC)cc3)C3CCC2N3C)cc1. The molecule has 2 unspecified atom stereocenters. The van der Waals surface area contributed by atoms with Crippen molar-refractivity contribution in [2.75, 3.05) is 21.3 Å². The van der Waals surface area contributed by atoms with Crippen molar-refractivity contribution in [1.82, 2.24) is 4.90 Å². The van der Waals surface area contributed by atoms with E-state index in [4.69, 9.17) is 9.47 Å². The molecular weight excluding hydrogens is 334 g/mol. The molecule has 0 radical (unpaired) electrons. The Hall–Kier alpha value is -2.00. The number of benzene rings is 2. The maximum atomic E-state index is 5.31. The van der Waals surface area contributed by atoms with Crippen molar-refractivity contribution in [3.63, 3.8) is 0 Å². The van der Waals surface area contributed by atoms with Gasteiger partial charge >= 0.3 is 0 Å². The average Bonchev–Trinajstić information content (AvgIpc) is 2.99. The van der Waals surface area contributed by atoms with Gasteiger partial charge in [0.15, 0.2) is 0 Å². The molecule has 2 bridgehead atoms. The minimum atomic E-state index is 0.740. The molecule has 2 fully saturated rings. The van der Waals surface area contributed by atoms with Crippen molar-refractivity contribution in [2.24, 2.45) is 11.8 Å². The van der Waals surface area contributed by atoms with Crippen LogP contribution in [0.2, 0.25) is 0 Å². The minimum absolute atomic E-state index is 0.740. The molecule has 3 nitrogen and oxygen atoms in total. The molecule has 4 atom stereocenters. The molecule has 0 amide bonds. The van der Waals surface area contributed by atoms with E-state index in [1.807, 2.05) is 0 Å². The van der Waals surface area contributed by atoms with E-state index in [-0.39, 0.29) is 0 Å². The first-order valence-electron chi connectivity index (χ1n) is 10.2. The van der Waals surface area contributed by atoms with Crippen LogP contribution in [-0.2, 0) is 12.8 Å². The second-order valence-corrected chi connectivity index (χ2v) is 8.24. The van der Waals surface area contributed by atoms with Crippen LogP contribution in [0.4, 0.5) is 0 Å². The molecule has 27 heavy (non-hydrogen) atoms. The van der Waals surface area contributed by atoms with Crippen molar-refractivity contribution in [2.45, 2.75) is 44.2 Å². The van der Waals surface area contributed by atoms with Crippen LogP contribution in [0.5, 0.6) is 11.5 Å². The predicted molar refractivity (Wildman–Crippen MR) is 110 cm³/mol. The third-order valence-corrected chi connectivity index (χ3v) is 6.81. The lowest BCUT2D eigenvalue weighted by molar-refractivity contribution is 0.0700. The number of ether oxygens (including phenoxy) is 2. The van der Waals surface area contributed by atoms with Crippen molar-refractivity contribution in [3.8, 4) is 11.5 Å². The Morgan fingerprint density at radius 2 is 1.15 bits per heavy atom. The Kier molecular flexibility index (Phi) is 5.40. The van der Waals surface area contributed by atoms with Crippen LogP contribution in [0.3, 0.4) is 0 Å². The molecule has 2 aliphatic heterocycles. The van der Waals surface area contributed by atoms with Gasteiger partial charge in [0.05, 0.1) is 14.2 Å². The van der Waals surface area contributed by atoms with Gasteiger partial charge in [-0.2, -0.15) is 0 Å². The van der Waals surface area contributed by atoms with Gasteiger partial charge in [0.25, 0.3) is 0 Å². The highest BCUT2D eigenvalue weighted by molar-refractivity contribution is 5.29. The number of piperidine rings is 1. The summed E-state index contributed by atoms with van der Waals surface area (Å²) in [5.41, 5.74) is 2.87. The molecule has 0 N–H and O–H groups in total. The highest BCUT2D eigenvalue weighted by Gasteiger charge is 2.45. The first-order chi connectivity index (χ1) is 13.2. The molecule has 2 aliphatic rings. The smallest absolute Gasteiger partial charge is 0.118 e. The van der Waals surface area contributed by atoms with Crippen molar-refractivity contribution in [1.29, 1.82) is 0 Å². The van der Waals surface area contributed by atoms with Gasteiger partial charge in [-0.3, -0.25) is 4.90 Å². The summed E-state index contributed by atoms with van der Waals surface area (Å²) in [6, 6.07) is 18.8. The van der Waals surface area contributed by atoms with E-state index < -0.39 is 0 Å². The molecule has 2 aromatic rings. The lowest BCUT2D eigenvalue weighted by atomic mass is 9.77. The summed E-state index contributed by atoms with van der Waals surface area (Å²) < 4.78 is 10.6. The molecule has 2 saturated heterocycles. The van der Waals surface area contributed by atoms with E-state index in [9.17, 15) is 0 Å². The van der Waals surface area contributed by atoms with Crippen LogP contribution >= 0.6 is 0 Å². The van der Waals surface area contributed by atoms with Gasteiger partial charge in [0.1, 0.15) is 11.5 Å². The summed E-state index contributed by atoms with van der Waals surface area (Å²) in [4.78, 5) is 2.69. The van der Waals surface area contributed by atoms with Crippen LogP contribution in [0.1, 0.15) is 30.4 Å². The van der Waals surface area contributed by atoms with Crippen molar-refractivity contribution in [3.05, 3.63) is 59.7 Å². The molecule has 2 aromatic carbocycles. The van der Waals surface area contributed by atoms with Gasteiger partial charge in [-0.15, -0.1) is 0 Å². The third-order valence-electron chi connectivity index (χ3n) is 6.81. The number of nitrogens with zero attached hydrogens (tertiary/aromatic N) is 1. The van der Waals surface area contributed by atoms with Gasteiger partial charge in [0, 0.05) is 12.1 Å². The van der Waals surface area contributed by atoms with Crippen molar-refractivity contribution >= 4 is 0 Å². The summed E-state index contributed by atoms with van der Waals surface area (Å²) in [6.45, 7) is 0. The molecule has 0 saturated carbocycles. The quantitative estimate of drug-likeness (QED) is 0.747. The maximum Gasteiger partial charge on any atom is 0.118 e. The number of rotatable bonds is 6. The number of hydrogen-bond acceptors (Lipinski definition) is 3. The van der Waals surface area contributed by atoms with Gasteiger partial charge in [-0.1, -0.05) is 24.3 Å². The Bertz CT molecular complexity index is 676. The zero-order valence-electron chi connectivity index (χ0n) is 16.7. The molecular formula is C24H31NO2. The molecule has 4 rings (SSSR count). The number of fused-ring (bicyclic) bond motifs is 2. The third kappa shape index (κ3) is 3.84. The van der Waals surface area contributed by atoms with E-state index in [2.05, 4.69) is 60.5 Å². The topological polar surface area (TPSA) is 21.7 Å². The zero-order chi connectivity index (χ0) is 18.8. The highest BCUT2D eigenvalue weighted by atomic mass is 16.5. The van der Waals surface area contributed by atoms with E-state index in [1.54, 1.807) is 14.2 Å². The standard InChI is InChI=1S/C24H31NO2/c1-25-23-12-13-24(25)20(15-18-6-10-22(27-3)11-7-18)16-19(23)14-17-4-8-21(26-2)9-5-17/h4-11,19-20,23-24H,12-16H2,1-3H3/t19-,20+,23?,24?. The number of hydrogen-bond donors (Lipinski definition) is 0. The van der Waals surface area contributed by atoms with Crippen LogP contribution in [0.15, 0.2) is 48.5 Å². The predicted octanol–water partition coefficient (Wildman–Crippen LogP) is 4.59. The summed E-state index contributed by atoms with van der Waals surface area (Å²) in [7, 11) is 5.81. The summed E-state index contributed by atoms with van der Waals surface area (Å²) in [5.74, 6) is 3.37. The molecule has 2 heterocycles. The fraction of sp³-hybridized carbons (Fsp3) is 0.500. The lowest BCUT2D eigenvalue weighted by Crippen LogP contribution is -2.48. The van der Waals surface area contributed by atoms with E-state index in [1.165, 1.54) is 43.2 Å². The van der Waals surface area contributed by atoms with Gasteiger partial charge < -0.3 is 9.47 Å². The van der Waals surface area contributed by atoms with E-state index in [0.29, 0.717) is 0 Å². The summed E-state index contributed by atoms with van der Waals surface area (Å²) >= 11 is 0. The van der Waals surface area contributed by atoms with Crippen LogP contribution in [0, 0.1) is 11.8 Å². The summed E-state index contributed by atoms with van der Waals surface area (Å²) in [6.07, 6.45) is 6.37. The average molecular weight is 366 g/mol. The molecule has 144 valence electrons. The van der Waals surface area contributed by atoms with E-state index in [0.717, 1.165) is 35.4 Å². The lowest BCUT2D eigenvalue weighted by Gasteiger charge is -2.43. The normalized spacial score (nSPS) is 27.5. The van der Waals surface area contributed by atoms with Crippen LogP contribution in [0.25, 0.3) is 0 Å². The summed E-state index contributed by atoms with van der Waals surface area (Å²) in [5, 5.41) is 0. The Morgan fingerprint density at radius 1 is 0.741 bits per heavy atom. The number of methoxy groups -OCH3 is 2. The second kappa shape index (κ2) is 7.93. The molecule has 0 aromatic heterocycles. The van der Waals surface area contributed by atoms with Crippen molar-refractivity contribution < 1.29 is 9.47 Å². The fourth-order valence-electron chi connectivity index (χ4n) is 5.40. The first-order valence-corrected chi connectivity index (χ1v) is 10.2. The van der Waals surface area contributed by atoms with Gasteiger partial charge in [-0.25, -0.2) is 0 Å². The maximum absolute atomic E-state index is 5.31. The highest BCUT2D eigenvalue weighted by Crippen LogP contribution is 2.44. The molecule has 3 heteroatoms. The monoisotopic (exact) mass is 365 g/mol.